The molecule has 0 aliphatic rings. The molecule has 0 saturated heterocycles. The third kappa shape index (κ3) is 2.07. The van der Waals surface area contributed by atoms with Crippen LogP contribution in [0, 0.1) is 12.3 Å². The van der Waals surface area contributed by atoms with Gasteiger partial charge in [-0.2, -0.15) is 0 Å². The topological polar surface area (TPSA) is 33.1 Å². The summed E-state index contributed by atoms with van der Waals surface area (Å²) >= 11 is 0. The molecule has 0 aromatic heterocycles. The number of hydrogen-bond acceptors (Lipinski definition) is 2. The fourth-order valence-electron chi connectivity index (χ4n) is 1.98. The number of methoxy groups -OCH3 is 1. The van der Waals surface area contributed by atoms with Crippen LogP contribution in [0.25, 0.3) is 11.1 Å². The summed E-state index contributed by atoms with van der Waals surface area (Å²) in [6.45, 7) is 2.08. The first kappa shape index (κ1) is 11.4. The second-order valence-electron chi connectivity index (χ2n) is 3.89. The van der Waals surface area contributed by atoms with E-state index in [4.69, 9.17) is 10.1 Å². The molecule has 2 aromatic rings. The first-order chi connectivity index (χ1) is 8.27. The summed E-state index contributed by atoms with van der Waals surface area (Å²) in [5.41, 5.74) is 4.18. The highest BCUT2D eigenvalue weighted by atomic mass is 16.5. The molecule has 0 radical (unpaired) electrons. The Morgan fingerprint density at radius 2 is 1.71 bits per heavy atom. The van der Waals surface area contributed by atoms with E-state index in [2.05, 4.69) is 19.1 Å². The highest BCUT2D eigenvalue weighted by Crippen LogP contribution is 2.33. The smallest absolute Gasteiger partial charge is 0.135 e. The molecule has 17 heavy (non-hydrogen) atoms. The molecule has 0 aliphatic heterocycles. The standard InChI is InChI=1S/C15H15NO/c1-11-6-3-4-8-13(11)14-9-5-7-12(10-16)15(14)17-2/h3-10,16H,1-2H3. The van der Waals surface area contributed by atoms with Crippen molar-refractivity contribution in [1.29, 1.82) is 5.41 Å². The zero-order valence-electron chi connectivity index (χ0n) is 10.0. The number of nitrogens with one attached hydrogen (secondary N) is 1. The second-order valence-corrected chi connectivity index (χ2v) is 3.89. The second kappa shape index (κ2) is 4.83. The Morgan fingerprint density at radius 1 is 1.00 bits per heavy atom. The van der Waals surface area contributed by atoms with Crippen molar-refractivity contribution in [3.8, 4) is 16.9 Å². The number of rotatable bonds is 3. The fraction of sp³-hybridized carbons (Fsp3) is 0.133. The summed E-state index contributed by atoms with van der Waals surface area (Å²) < 4.78 is 5.43. The molecule has 0 unspecified atom stereocenters. The largest absolute Gasteiger partial charge is 0.495 e. The molecule has 0 saturated carbocycles. The maximum atomic E-state index is 7.40. The molecule has 2 heteroatoms. The van der Waals surface area contributed by atoms with Crippen LogP contribution in [0.5, 0.6) is 5.75 Å². The maximum Gasteiger partial charge on any atom is 0.135 e. The Morgan fingerprint density at radius 3 is 2.35 bits per heavy atom. The normalized spacial score (nSPS) is 10.0. The van der Waals surface area contributed by atoms with Crippen LogP contribution in [0.15, 0.2) is 42.5 Å². The van der Waals surface area contributed by atoms with Crippen LogP contribution in [-0.4, -0.2) is 13.3 Å². The number of para-hydroxylation sites is 1. The van der Waals surface area contributed by atoms with Gasteiger partial charge in [-0.1, -0.05) is 36.4 Å². The van der Waals surface area contributed by atoms with Crippen LogP contribution in [0.2, 0.25) is 0 Å². The van der Waals surface area contributed by atoms with E-state index >= 15 is 0 Å². The SMILES string of the molecule is COc1c(C=N)cccc1-c1ccccc1C. The molecule has 1 N–H and O–H groups in total. The number of benzene rings is 2. The fourth-order valence-corrected chi connectivity index (χ4v) is 1.98. The quantitative estimate of drug-likeness (QED) is 0.794. The van der Waals surface area contributed by atoms with Crippen LogP contribution < -0.4 is 4.74 Å². The molecular formula is C15H15NO. The third-order valence-electron chi connectivity index (χ3n) is 2.84. The van der Waals surface area contributed by atoms with Gasteiger partial charge in [-0.25, -0.2) is 0 Å². The average Bonchev–Trinajstić information content (AvgIpc) is 2.38. The molecule has 0 spiro atoms. The lowest BCUT2D eigenvalue weighted by atomic mass is 9.98. The van der Waals surface area contributed by atoms with E-state index in [1.165, 1.54) is 11.8 Å². The third-order valence-corrected chi connectivity index (χ3v) is 2.84. The molecule has 0 amide bonds. The lowest BCUT2D eigenvalue weighted by Gasteiger charge is -2.13. The zero-order valence-corrected chi connectivity index (χ0v) is 10.0. The Kier molecular flexibility index (Phi) is 3.24. The molecule has 0 fully saturated rings. The van der Waals surface area contributed by atoms with Gasteiger partial charge in [0.2, 0.25) is 0 Å². The number of ether oxygens (including phenoxy) is 1. The Labute approximate surface area is 101 Å². The van der Waals surface area contributed by atoms with E-state index in [1.54, 1.807) is 7.11 Å². The van der Waals surface area contributed by atoms with Gasteiger partial charge in [-0.05, 0) is 24.1 Å². The van der Waals surface area contributed by atoms with Gasteiger partial charge in [0.05, 0.1) is 7.11 Å². The van der Waals surface area contributed by atoms with E-state index in [-0.39, 0.29) is 0 Å². The molecule has 0 aliphatic carbocycles. The lowest BCUT2D eigenvalue weighted by molar-refractivity contribution is 0.416. The Hall–Kier alpha value is -2.09. The first-order valence-corrected chi connectivity index (χ1v) is 5.51. The van der Waals surface area contributed by atoms with Crippen molar-refractivity contribution < 1.29 is 4.74 Å². The Bertz CT molecular complexity index is 546. The van der Waals surface area contributed by atoms with Gasteiger partial charge in [-0.3, -0.25) is 0 Å². The van der Waals surface area contributed by atoms with Crippen molar-refractivity contribution in [2.24, 2.45) is 0 Å². The van der Waals surface area contributed by atoms with Crippen molar-refractivity contribution >= 4 is 6.21 Å². The minimum Gasteiger partial charge on any atom is -0.495 e. The highest BCUT2D eigenvalue weighted by molar-refractivity contribution is 5.87. The molecule has 86 valence electrons. The van der Waals surface area contributed by atoms with Crippen molar-refractivity contribution in [2.45, 2.75) is 6.92 Å². The lowest BCUT2D eigenvalue weighted by Crippen LogP contribution is -1.94. The van der Waals surface area contributed by atoms with E-state index in [0.717, 1.165) is 22.4 Å². The molecule has 2 aromatic carbocycles. The van der Waals surface area contributed by atoms with Crippen molar-refractivity contribution in [3.05, 3.63) is 53.6 Å². The van der Waals surface area contributed by atoms with Gasteiger partial charge < -0.3 is 10.1 Å². The minimum absolute atomic E-state index is 0.761. The van der Waals surface area contributed by atoms with Gasteiger partial charge in [0.15, 0.2) is 0 Å². The van der Waals surface area contributed by atoms with E-state index in [9.17, 15) is 0 Å². The predicted octanol–water partition coefficient (Wildman–Crippen LogP) is 3.67. The molecule has 0 atom stereocenters. The van der Waals surface area contributed by atoms with Crippen molar-refractivity contribution in [2.75, 3.05) is 7.11 Å². The molecular weight excluding hydrogens is 210 g/mol. The summed E-state index contributed by atoms with van der Waals surface area (Å²) in [6, 6.07) is 14.0. The summed E-state index contributed by atoms with van der Waals surface area (Å²) in [6.07, 6.45) is 1.32. The van der Waals surface area contributed by atoms with Crippen molar-refractivity contribution in [3.63, 3.8) is 0 Å². The van der Waals surface area contributed by atoms with Crippen LogP contribution in [0.3, 0.4) is 0 Å². The van der Waals surface area contributed by atoms with Gasteiger partial charge >= 0.3 is 0 Å². The maximum absolute atomic E-state index is 7.40. The van der Waals surface area contributed by atoms with Gasteiger partial charge in [0.25, 0.3) is 0 Å². The summed E-state index contributed by atoms with van der Waals surface area (Å²) in [4.78, 5) is 0. The van der Waals surface area contributed by atoms with Crippen molar-refractivity contribution in [1.82, 2.24) is 0 Å². The van der Waals surface area contributed by atoms with Gasteiger partial charge in [-0.15, -0.1) is 0 Å². The molecule has 0 bridgehead atoms. The number of hydrogen-bond donors (Lipinski definition) is 1. The summed E-state index contributed by atoms with van der Waals surface area (Å²) in [7, 11) is 1.64. The van der Waals surface area contributed by atoms with Crippen LogP contribution in [0.4, 0.5) is 0 Å². The van der Waals surface area contributed by atoms with Crippen LogP contribution >= 0.6 is 0 Å². The van der Waals surface area contributed by atoms with Crippen LogP contribution in [-0.2, 0) is 0 Å². The van der Waals surface area contributed by atoms with Gasteiger partial charge in [0, 0.05) is 17.3 Å². The van der Waals surface area contributed by atoms with E-state index in [0.29, 0.717) is 0 Å². The average molecular weight is 225 g/mol. The predicted molar refractivity (Wildman–Crippen MR) is 71.1 cm³/mol. The number of aryl methyl sites for hydroxylation is 1. The van der Waals surface area contributed by atoms with Gasteiger partial charge in [0.1, 0.15) is 5.75 Å². The van der Waals surface area contributed by atoms with E-state index < -0.39 is 0 Å². The van der Waals surface area contributed by atoms with E-state index in [1.807, 2.05) is 30.3 Å². The Balaban J connectivity index is 2.67. The molecule has 0 heterocycles. The van der Waals surface area contributed by atoms with Crippen LogP contribution in [0.1, 0.15) is 11.1 Å². The molecule has 2 nitrogen and oxygen atoms in total. The zero-order chi connectivity index (χ0) is 12.3. The summed E-state index contributed by atoms with van der Waals surface area (Å²) in [5.74, 6) is 0.761. The first-order valence-electron chi connectivity index (χ1n) is 5.51. The summed E-state index contributed by atoms with van der Waals surface area (Å²) in [5, 5.41) is 7.40. The monoisotopic (exact) mass is 225 g/mol. The highest BCUT2D eigenvalue weighted by Gasteiger charge is 2.10. The minimum atomic E-state index is 0.761. The molecule has 2 rings (SSSR count).